The highest BCUT2D eigenvalue weighted by atomic mass is 79.9. The Morgan fingerprint density at radius 1 is 1.36 bits per heavy atom. The monoisotopic (exact) mass is 393 g/mol. The van der Waals surface area contributed by atoms with Crippen LogP contribution in [0.15, 0.2) is 16.6 Å². The lowest BCUT2D eigenvalue weighted by Crippen LogP contribution is -2.25. The van der Waals surface area contributed by atoms with Crippen molar-refractivity contribution in [2.75, 3.05) is 13.7 Å². The topological polar surface area (TPSA) is 50.7 Å². The Morgan fingerprint density at radius 2 is 2.05 bits per heavy atom. The van der Waals surface area contributed by atoms with Gasteiger partial charge in [0.25, 0.3) is 0 Å². The lowest BCUT2D eigenvalue weighted by Gasteiger charge is -2.18. The molecule has 0 amide bonds. The van der Waals surface area contributed by atoms with E-state index in [2.05, 4.69) is 21.2 Å². The highest BCUT2D eigenvalue weighted by Crippen LogP contribution is 2.37. The first-order chi connectivity index (χ1) is 10.1. The second kappa shape index (κ2) is 9.60. The number of rotatable bonds is 7. The summed E-state index contributed by atoms with van der Waals surface area (Å²) in [5.41, 5.74) is 1.16. The molecule has 0 heterocycles. The molecule has 2 rings (SSSR count). The van der Waals surface area contributed by atoms with E-state index in [-0.39, 0.29) is 25.1 Å². The number of hydrogen-bond acceptors (Lipinski definition) is 4. The maximum atomic E-state index is 9.12. The van der Waals surface area contributed by atoms with Gasteiger partial charge in [-0.25, -0.2) is 0 Å². The number of aliphatic hydroxyl groups excluding tert-OH is 1. The SMILES string of the molecule is COc1cc(CNC2CCCC2)cc(Br)c1OC(C)CO.Cl. The van der Waals surface area contributed by atoms with Crippen LogP contribution in [0.4, 0.5) is 0 Å². The number of ether oxygens (including phenoxy) is 2. The van der Waals surface area contributed by atoms with Crippen molar-refractivity contribution in [2.24, 2.45) is 0 Å². The summed E-state index contributed by atoms with van der Waals surface area (Å²) in [5.74, 6) is 1.33. The molecule has 1 saturated carbocycles. The fourth-order valence-corrected chi connectivity index (χ4v) is 3.20. The van der Waals surface area contributed by atoms with Gasteiger partial charge in [0.1, 0.15) is 6.10 Å². The zero-order chi connectivity index (χ0) is 15.2. The van der Waals surface area contributed by atoms with Crippen LogP contribution < -0.4 is 14.8 Å². The summed E-state index contributed by atoms with van der Waals surface area (Å²) in [5, 5.41) is 12.7. The molecule has 22 heavy (non-hydrogen) atoms. The van der Waals surface area contributed by atoms with E-state index in [0.717, 1.165) is 16.6 Å². The smallest absolute Gasteiger partial charge is 0.175 e. The van der Waals surface area contributed by atoms with Gasteiger partial charge in [0.15, 0.2) is 11.5 Å². The molecule has 1 aromatic rings. The van der Waals surface area contributed by atoms with Crippen molar-refractivity contribution in [1.82, 2.24) is 5.32 Å². The van der Waals surface area contributed by atoms with Crippen LogP contribution in [0.5, 0.6) is 11.5 Å². The Morgan fingerprint density at radius 3 is 2.64 bits per heavy atom. The van der Waals surface area contributed by atoms with Gasteiger partial charge in [-0.3, -0.25) is 0 Å². The average Bonchev–Trinajstić information content (AvgIpc) is 3.00. The Kier molecular flexibility index (Phi) is 8.54. The van der Waals surface area contributed by atoms with Crippen LogP contribution >= 0.6 is 28.3 Å². The Labute approximate surface area is 147 Å². The van der Waals surface area contributed by atoms with Crippen LogP contribution in [0, 0.1) is 0 Å². The van der Waals surface area contributed by atoms with Crippen LogP contribution in [0.25, 0.3) is 0 Å². The van der Waals surface area contributed by atoms with Gasteiger partial charge in [-0.2, -0.15) is 0 Å². The minimum Gasteiger partial charge on any atom is -0.493 e. The van der Waals surface area contributed by atoms with Crippen molar-refractivity contribution in [3.63, 3.8) is 0 Å². The molecule has 1 aliphatic carbocycles. The molecular weight excluding hydrogens is 370 g/mol. The Balaban J connectivity index is 0.00000242. The van der Waals surface area contributed by atoms with E-state index in [1.807, 2.05) is 19.1 Å². The molecule has 0 saturated heterocycles. The van der Waals surface area contributed by atoms with Gasteiger partial charge in [0.2, 0.25) is 0 Å². The van der Waals surface area contributed by atoms with Crippen LogP contribution in [0.3, 0.4) is 0 Å². The summed E-state index contributed by atoms with van der Waals surface area (Å²) >= 11 is 3.54. The van der Waals surface area contributed by atoms with Gasteiger partial charge in [-0.05, 0) is 53.4 Å². The third-order valence-electron chi connectivity index (χ3n) is 3.82. The molecule has 0 aromatic heterocycles. The second-order valence-corrected chi connectivity index (χ2v) is 6.44. The number of halogens is 2. The summed E-state index contributed by atoms with van der Waals surface area (Å²) in [7, 11) is 1.63. The molecular formula is C16H25BrClNO3. The molecule has 1 aliphatic rings. The summed E-state index contributed by atoms with van der Waals surface area (Å²) in [6.07, 6.45) is 4.94. The highest BCUT2D eigenvalue weighted by Gasteiger charge is 2.17. The number of benzene rings is 1. The maximum Gasteiger partial charge on any atom is 0.175 e. The molecule has 0 radical (unpaired) electrons. The minimum atomic E-state index is -0.266. The highest BCUT2D eigenvalue weighted by molar-refractivity contribution is 9.10. The lowest BCUT2D eigenvalue weighted by atomic mass is 10.1. The number of methoxy groups -OCH3 is 1. The molecule has 6 heteroatoms. The first-order valence-corrected chi connectivity index (χ1v) is 8.30. The van der Waals surface area contributed by atoms with Gasteiger partial charge in [-0.1, -0.05) is 12.8 Å². The van der Waals surface area contributed by atoms with Gasteiger partial charge in [0, 0.05) is 12.6 Å². The van der Waals surface area contributed by atoms with Gasteiger partial charge >= 0.3 is 0 Å². The number of aliphatic hydroxyl groups is 1. The quantitative estimate of drug-likeness (QED) is 0.741. The molecule has 1 unspecified atom stereocenters. The summed E-state index contributed by atoms with van der Waals surface area (Å²) in [6, 6.07) is 4.68. The van der Waals surface area contributed by atoms with Crippen LogP contribution in [-0.2, 0) is 6.54 Å². The van der Waals surface area contributed by atoms with Gasteiger partial charge in [0.05, 0.1) is 18.2 Å². The van der Waals surface area contributed by atoms with Crippen molar-refractivity contribution in [1.29, 1.82) is 0 Å². The second-order valence-electron chi connectivity index (χ2n) is 5.58. The minimum absolute atomic E-state index is 0. The van der Waals surface area contributed by atoms with E-state index in [0.29, 0.717) is 17.5 Å². The van der Waals surface area contributed by atoms with E-state index in [1.165, 1.54) is 25.7 Å². The Hall–Kier alpha value is -0.490. The van der Waals surface area contributed by atoms with Crippen molar-refractivity contribution in [3.05, 3.63) is 22.2 Å². The average molecular weight is 395 g/mol. The van der Waals surface area contributed by atoms with E-state index in [4.69, 9.17) is 14.6 Å². The molecule has 1 atom stereocenters. The van der Waals surface area contributed by atoms with Gasteiger partial charge in [-0.15, -0.1) is 12.4 Å². The fraction of sp³-hybridized carbons (Fsp3) is 0.625. The van der Waals surface area contributed by atoms with Crippen molar-refractivity contribution >= 4 is 28.3 Å². The number of hydrogen-bond donors (Lipinski definition) is 2. The predicted octanol–water partition coefficient (Wildman–Crippen LogP) is 3.67. The first kappa shape index (κ1) is 19.6. The van der Waals surface area contributed by atoms with E-state index >= 15 is 0 Å². The lowest BCUT2D eigenvalue weighted by molar-refractivity contribution is 0.125. The summed E-state index contributed by atoms with van der Waals surface area (Å²) in [4.78, 5) is 0. The number of nitrogens with one attached hydrogen (secondary N) is 1. The van der Waals surface area contributed by atoms with Crippen LogP contribution in [-0.4, -0.2) is 31.0 Å². The van der Waals surface area contributed by atoms with Crippen molar-refractivity contribution in [3.8, 4) is 11.5 Å². The Bertz CT molecular complexity index is 467. The molecule has 0 aliphatic heterocycles. The molecule has 4 nitrogen and oxygen atoms in total. The van der Waals surface area contributed by atoms with Crippen LogP contribution in [0.1, 0.15) is 38.2 Å². The maximum absolute atomic E-state index is 9.12. The molecule has 2 N–H and O–H groups in total. The molecule has 1 fully saturated rings. The predicted molar refractivity (Wildman–Crippen MR) is 94.2 cm³/mol. The largest absolute Gasteiger partial charge is 0.493 e. The third kappa shape index (κ3) is 5.30. The molecule has 126 valence electrons. The van der Waals surface area contributed by atoms with E-state index < -0.39 is 0 Å². The summed E-state index contributed by atoms with van der Waals surface area (Å²) < 4.78 is 12.0. The van der Waals surface area contributed by atoms with Crippen LogP contribution in [0.2, 0.25) is 0 Å². The zero-order valence-electron chi connectivity index (χ0n) is 13.1. The molecule has 0 spiro atoms. The molecule has 1 aromatic carbocycles. The zero-order valence-corrected chi connectivity index (χ0v) is 15.5. The first-order valence-electron chi connectivity index (χ1n) is 7.51. The van der Waals surface area contributed by atoms with E-state index in [1.54, 1.807) is 7.11 Å². The summed E-state index contributed by atoms with van der Waals surface area (Å²) in [6.45, 7) is 2.62. The molecule has 0 bridgehead atoms. The van der Waals surface area contributed by atoms with Gasteiger partial charge < -0.3 is 19.9 Å². The standard InChI is InChI=1S/C16H24BrNO3.ClH/c1-11(10-19)21-16-14(17)7-12(8-15(16)20-2)9-18-13-5-3-4-6-13;/h7-8,11,13,18-19H,3-6,9-10H2,1-2H3;1H. The third-order valence-corrected chi connectivity index (χ3v) is 4.40. The van der Waals surface area contributed by atoms with Crippen molar-refractivity contribution in [2.45, 2.75) is 51.3 Å². The normalized spacial score (nSPS) is 16.2. The fourth-order valence-electron chi connectivity index (χ4n) is 2.62. The van der Waals surface area contributed by atoms with Crippen molar-refractivity contribution < 1.29 is 14.6 Å². The van der Waals surface area contributed by atoms with E-state index in [9.17, 15) is 0 Å².